The van der Waals surface area contributed by atoms with Crippen LogP contribution in [0.5, 0.6) is 17.2 Å². The van der Waals surface area contributed by atoms with E-state index in [4.69, 9.17) is 15.9 Å². The zero-order valence-electron chi connectivity index (χ0n) is 20.3. The summed E-state index contributed by atoms with van der Waals surface area (Å²) >= 11 is 1.66. The molecule has 3 heterocycles. The molecule has 2 aromatic carbocycles. The van der Waals surface area contributed by atoms with Crippen LogP contribution in [0.1, 0.15) is 42.3 Å². The van der Waals surface area contributed by atoms with Crippen molar-refractivity contribution >= 4 is 34.4 Å². The summed E-state index contributed by atoms with van der Waals surface area (Å²) in [5, 5.41) is 19.5. The van der Waals surface area contributed by atoms with Gasteiger partial charge in [0, 0.05) is 33.8 Å². The maximum absolute atomic E-state index is 10.5. The van der Waals surface area contributed by atoms with Crippen LogP contribution in [0, 0.1) is 12.3 Å². The van der Waals surface area contributed by atoms with Gasteiger partial charge in [-0.2, -0.15) is 0 Å². The molecule has 178 valence electrons. The maximum Gasteiger partial charge on any atom is 0.172 e. The molecule has 0 saturated heterocycles. The molecular weight excluding hydrogens is 456 g/mol. The van der Waals surface area contributed by atoms with E-state index in [-0.39, 0.29) is 11.3 Å². The van der Waals surface area contributed by atoms with Crippen molar-refractivity contribution in [3.8, 4) is 40.7 Å². The lowest BCUT2D eigenvalue weighted by Gasteiger charge is -2.35. The molecular formula is C29H28N2O3S. The van der Waals surface area contributed by atoms with Gasteiger partial charge in [0.15, 0.2) is 11.5 Å². The lowest BCUT2D eigenvalue weighted by atomic mass is 9.83. The number of hydrogen-bond acceptors (Lipinski definition) is 6. The number of methoxy groups -OCH3 is 1. The molecule has 6 heteroatoms. The van der Waals surface area contributed by atoms with Crippen molar-refractivity contribution in [3.05, 3.63) is 63.4 Å². The largest absolute Gasteiger partial charge is 0.504 e. The van der Waals surface area contributed by atoms with E-state index in [9.17, 15) is 5.11 Å². The van der Waals surface area contributed by atoms with Gasteiger partial charge in [-0.25, -0.2) is 0 Å². The number of aromatic hydroxyl groups is 1. The van der Waals surface area contributed by atoms with Crippen LogP contribution in [0.15, 0.2) is 41.8 Å². The van der Waals surface area contributed by atoms with E-state index in [1.165, 1.54) is 5.57 Å². The molecule has 1 aromatic heterocycles. The molecule has 0 fully saturated rings. The number of ether oxygens (including phenoxy) is 2. The highest BCUT2D eigenvalue weighted by Gasteiger charge is 2.33. The Labute approximate surface area is 210 Å². The second kappa shape index (κ2) is 8.84. The van der Waals surface area contributed by atoms with Crippen LogP contribution in [-0.4, -0.2) is 24.3 Å². The second-order valence-corrected chi connectivity index (χ2v) is 10.3. The standard InChI is InChI=1S/C29H28N2O3S/c1-6-12-30-16-18-11-13-35-24(18)14-23-26-19(27-22(34-23)10-9-21(32)28(27)33-5)7-8-20-25(26)17(2)15-29(3,4)31-20/h1,7-11,13-15,30-32H,12,16H2,2-5H3/b23-14-. The average molecular weight is 485 g/mol. The number of terminal acetylenes is 1. The summed E-state index contributed by atoms with van der Waals surface area (Å²) in [4.78, 5) is 1.10. The maximum atomic E-state index is 10.5. The number of benzene rings is 2. The van der Waals surface area contributed by atoms with Crippen LogP contribution in [0.25, 0.3) is 28.5 Å². The van der Waals surface area contributed by atoms with Crippen LogP contribution in [0.2, 0.25) is 0 Å². The number of hydrogen-bond donors (Lipinski definition) is 3. The molecule has 5 nitrogen and oxygen atoms in total. The molecule has 2 aliphatic rings. The van der Waals surface area contributed by atoms with E-state index in [0.29, 0.717) is 24.6 Å². The minimum Gasteiger partial charge on any atom is -0.504 e. The molecule has 0 aliphatic carbocycles. The highest BCUT2D eigenvalue weighted by Crippen LogP contribution is 2.54. The third kappa shape index (κ3) is 4.07. The number of rotatable bonds is 5. The van der Waals surface area contributed by atoms with Gasteiger partial charge in [0.2, 0.25) is 0 Å². The van der Waals surface area contributed by atoms with Gasteiger partial charge >= 0.3 is 0 Å². The molecule has 0 bridgehead atoms. The predicted molar refractivity (Wildman–Crippen MR) is 145 cm³/mol. The topological polar surface area (TPSA) is 62.8 Å². The molecule has 3 aromatic rings. The lowest BCUT2D eigenvalue weighted by molar-refractivity contribution is 0.371. The van der Waals surface area contributed by atoms with Crippen LogP contribution in [0.4, 0.5) is 5.69 Å². The number of fused-ring (bicyclic) bond motifs is 5. The molecule has 0 unspecified atom stereocenters. The number of allylic oxidation sites excluding steroid dienone is 1. The van der Waals surface area contributed by atoms with Crippen LogP contribution in [0.3, 0.4) is 0 Å². The molecule has 0 amide bonds. The first kappa shape index (κ1) is 23.1. The van der Waals surface area contributed by atoms with Crippen molar-refractivity contribution < 1.29 is 14.6 Å². The van der Waals surface area contributed by atoms with E-state index in [0.717, 1.165) is 44.1 Å². The van der Waals surface area contributed by atoms with E-state index in [1.807, 2.05) is 0 Å². The predicted octanol–water partition coefficient (Wildman–Crippen LogP) is 6.35. The van der Waals surface area contributed by atoms with Crippen LogP contribution < -0.4 is 20.1 Å². The monoisotopic (exact) mass is 484 g/mol. The van der Waals surface area contributed by atoms with Gasteiger partial charge in [0.25, 0.3) is 0 Å². The molecule has 3 N–H and O–H groups in total. The summed E-state index contributed by atoms with van der Waals surface area (Å²) < 4.78 is 12.2. The molecule has 0 radical (unpaired) electrons. The van der Waals surface area contributed by atoms with Gasteiger partial charge in [0.05, 0.1) is 24.8 Å². The number of anilines is 1. The van der Waals surface area contributed by atoms with Crippen molar-refractivity contribution in [1.29, 1.82) is 0 Å². The summed E-state index contributed by atoms with van der Waals surface area (Å²) in [6.07, 6.45) is 9.75. The van der Waals surface area contributed by atoms with Crippen molar-refractivity contribution in [3.63, 3.8) is 0 Å². The second-order valence-electron chi connectivity index (χ2n) is 9.30. The molecule has 0 atom stereocenters. The number of nitrogens with one attached hydrogen (secondary N) is 2. The van der Waals surface area contributed by atoms with E-state index in [1.54, 1.807) is 30.6 Å². The Morgan fingerprint density at radius 3 is 2.80 bits per heavy atom. The highest BCUT2D eigenvalue weighted by molar-refractivity contribution is 7.11. The van der Waals surface area contributed by atoms with Crippen LogP contribution in [-0.2, 0) is 6.54 Å². The van der Waals surface area contributed by atoms with Gasteiger partial charge in [-0.15, -0.1) is 17.8 Å². The first-order valence-corrected chi connectivity index (χ1v) is 12.4. The van der Waals surface area contributed by atoms with Gasteiger partial charge in [-0.3, -0.25) is 0 Å². The third-order valence-corrected chi connectivity index (χ3v) is 7.16. The van der Waals surface area contributed by atoms with Crippen molar-refractivity contribution in [2.75, 3.05) is 19.0 Å². The highest BCUT2D eigenvalue weighted by atomic mass is 32.1. The smallest absolute Gasteiger partial charge is 0.172 e. The van der Waals surface area contributed by atoms with Crippen molar-refractivity contribution in [1.82, 2.24) is 5.32 Å². The molecule has 0 saturated carbocycles. The Bertz CT molecular complexity index is 1420. The fourth-order valence-electron chi connectivity index (χ4n) is 4.96. The Hall–Kier alpha value is -3.66. The number of thiophene rings is 1. The number of phenols is 1. The Morgan fingerprint density at radius 1 is 1.20 bits per heavy atom. The minimum atomic E-state index is -0.164. The fourth-order valence-corrected chi connectivity index (χ4v) is 5.80. The molecule has 2 aliphatic heterocycles. The van der Waals surface area contributed by atoms with Crippen molar-refractivity contribution in [2.24, 2.45) is 0 Å². The zero-order valence-corrected chi connectivity index (χ0v) is 21.1. The van der Waals surface area contributed by atoms with Gasteiger partial charge in [0.1, 0.15) is 11.5 Å². The Balaban J connectivity index is 1.75. The summed E-state index contributed by atoms with van der Waals surface area (Å²) in [6, 6.07) is 9.68. The van der Waals surface area contributed by atoms with Gasteiger partial charge in [-0.1, -0.05) is 18.1 Å². The van der Waals surface area contributed by atoms with Gasteiger partial charge < -0.3 is 25.2 Å². The summed E-state index contributed by atoms with van der Waals surface area (Å²) in [7, 11) is 1.56. The Kier molecular flexibility index (Phi) is 5.84. The first-order valence-electron chi connectivity index (χ1n) is 11.5. The lowest BCUT2D eigenvalue weighted by Crippen LogP contribution is -2.32. The average Bonchev–Trinajstić information content (AvgIpc) is 3.25. The third-order valence-electron chi connectivity index (χ3n) is 6.26. The summed E-state index contributed by atoms with van der Waals surface area (Å²) in [5.41, 5.74) is 6.99. The normalized spacial score (nSPS) is 16.2. The van der Waals surface area contributed by atoms with Crippen molar-refractivity contribution in [2.45, 2.75) is 32.9 Å². The van der Waals surface area contributed by atoms with Gasteiger partial charge in [-0.05, 0) is 67.6 Å². The van der Waals surface area contributed by atoms with E-state index in [2.05, 4.69) is 73.1 Å². The van der Waals surface area contributed by atoms with E-state index < -0.39 is 0 Å². The number of phenolic OH excluding ortho intramolecular Hbond substituents is 1. The first-order chi connectivity index (χ1) is 16.8. The summed E-state index contributed by atoms with van der Waals surface area (Å²) in [5.74, 6) is 4.51. The quantitative estimate of drug-likeness (QED) is 0.291. The Morgan fingerprint density at radius 2 is 2.03 bits per heavy atom. The molecule has 35 heavy (non-hydrogen) atoms. The minimum absolute atomic E-state index is 0.0811. The SMILES string of the molecule is C#CCNCc1ccsc1/C=C1\Oc2ccc(O)c(OC)c2-c2ccc3c(c21)C(C)=CC(C)(C)N3. The fraction of sp³-hybridized carbons (Fsp3) is 0.241. The van der Waals surface area contributed by atoms with Crippen LogP contribution >= 0.6 is 11.3 Å². The molecule has 5 rings (SSSR count). The zero-order chi connectivity index (χ0) is 24.7. The molecule has 0 spiro atoms. The summed E-state index contributed by atoms with van der Waals surface area (Å²) in [6.45, 7) is 7.64. The van der Waals surface area contributed by atoms with E-state index >= 15 is 0 Å².